The van der Waals surface area contributed by atoms with Crippen LogP contribution >= 0.6 is 0 Å². The Morgan fingerprint density at radius 3 is 2.64 bits per heavy atom. The third-order valence-electron chi connectivity index (χ3n) is 5.06. The predicted octanol–water partition coefficient (Wildman–Crippen LogP) is 3.07. The van der Waals surface area contributed by atoms with Crippen LogP contribution in [0.4, 0.5) is 0 Å². The van der Waals surface area contributed by atoms with Gasteiger partial charge >= 0.3 is 0 Å². The number of pyridine rings is 1. The number of hydrogen-bond acceptors (Lipinski definition) is 2. The van der Waals surface area contributed by atoms with Gasteiger partial charge in [-0.2, -0.15) is 0 Å². The summed E-state index contributed by atoms with van der Waals surface area (Å²) in [6, 6.07) is 19.5. The number of fused-ring (bicyclic) bond motifs is 1. The molecule has 2 aromatic carbocycles. The molecule has 1 N–H and O–H groups in total. The van der Waals surface area contributed by atoms with Crippen molar-refractivity contribution < 1.29 is 4.79 Å². The highest BCUT2D eigenvalue weighted by molar-refractivity contribution is 5.96. The quantitative estimate of drug-likeness (QED) is 0.798. The van der Waals surface area contributed by atoms with E-state index in [0.717, 1.165) is 11.8 Å². The van der Waals surface area contributed by atoms with Crippen molar-refractivity contribution >= 4 is 16.7 Å². The molecule has 1 aliphatic rings. The smallest absolute Gasteiger partial charge is 0.268 e. The molecule has 4 nitrogen and oxygen atoms in total. The van der Waals surface area contributed by atoms with Gasteiger partial charge in [-0.25, -0.2) is 0 Å². The topological polar surface area (TPSA) is 51.1 Å². The third kappa shape index (κ3) is 2.95. The molecule has 1 amide bonds. The molecule has 1 saturated carbocycles. The number of benzene rings is 2. The average molecular weight is 332 g/mol. The van der Waals surface area contributed by atoms with E-state index in [4.69, 9.17) is 0 Å². The molecule has 4 heteroatoms. The Labute approximate surface area is 146 Å². The van der Waals surface area contributed by atoms with Gasteiger partial charge in [-0.3, -0.25) is 9.59 Å². The standard InChI is InChI=1S/C21H20N2O2/c1-23-19(12-15-9-5-6-10-17(15)21(23)25)20(24)22-13-16-11-18(16)14-7-3-2-4-8-14/h2-10,12,16,18H,11,13H2,1H3,(H,22,24)/t16-,18-/m0/s1. The predicted molar refractivity (Wildman–Crippen MR) is 98.8 cm³/mol. The van der Waals surface area contributed by atoms with Crippen LogP contribution < -0.4 is 10.9 Å². The van der Waals surface area contributed by atoms with Gasteiger partial charge in [0, 0.05) is 19.0 Å². The van der Waals surface area contributed by atoms with Crippen molar-refractivity contribution in [1.82, 2.24) is 9.88 Å². The van der Waals surface area contributed by atoms with Crippen LogP contribution in [0.5, 0.6) is 0 Å². The highest BCUT2D eigenvalue weighted by atomic mass is 16.2. The number of rotatable bonds is 4. The number of carbonyl (C=O) groups is 1. The van der Waals surface area contributed by atoms with Gasteiger partial charge < -0.3 is 9.88 Å². The molecule has 126 valence electrons. The van der Waals surface area contributed by atoms with E-state index in [9.17, 15) is 9.59 Å². The van der Waals surface area contributed by atoms with Crippen molar-refractivity contribution in [2.45, 2.75) is 12.3 Å². The van der Waals surface area contributed by atoms with Crippen LogP contribution in [-0.2, 0) is 7.05 Å². The number of nitrogens with zero attached hydrogens (tertiary/aromatic N) is 1. The van der Waals surface area contributed by atoms with E-state index in [-0.39, 0.29) is 11.5 Å². The van der Waals surface area contributed by atoms with Crippen LogP contribution in [0.1, 0.15) is 28.4 Å². The Bertz CT molecular complexity index is 992. The van der Waals surface area contributed by atoms with E-state index >= 15 is 0 Å². The number of hydrogen-bond donors (Lipinski definition) is 1. The van der Waals surface area contributed by atoms with E-state index in [0.29, 0.717) is 29.5 Å². The van der Waals surface area contributed by atoms with Crippen molar-refractivity contribution in [3.63, 3.8) is 0 Å². The van der Waals surface area contributed by atoms with Crippen molar-refractivity contribution in [3.05, 3.63) is 82.3 Å². The average Bonchev–Trinajstić information content (AvgIpc) is 3.43. The van der Waals surface area contributed by atoms with E-state index in [1.54, 1.807) is 19.2 Å². The lowest BCUT2D eigenvalue weighted by Crippen LogP contribution is -2.32. The lowest BCUT2D eigenvalue weighted by molar-refractivity contribution is 0.0942. The van der Waals surface area contributed by atoms with Crippen LogP contribution in [0, 0.1) is 5.92 Å². The monoisotopic (exact) mass is 332 g/mol. The minimum atomic E-state index is -0.191. The molecule has 3 aromatic rings. The van der Waals surface area contributed by atoms with Gasteiger partial charge in [0.25, 0.3) is 11.5 Å². The molecule has 1 aliphatic carbocycles. The second-order valence-electron chi connectivity index (χ2n) is 6.70. The van der Waals surface area contributed by atoms with Crippen molar-refractivity contribution in [2.24, 2.45) is 13.0 Å². The maximum Gasteiger partial charge on any atom is 0.268 e. The molecule has 1 aromatic heterocycles. The van der Waals surface area contributed by atoms with E-state index in [2.05, 4.69) is 17.4 Å². The second kappa shape index (κ2) is 6.20. The van der Waals surface area contributed by atoms with Gasteiger partial charge in [-0.15, -0.1) is 0 Å². The van der Waals surface area contributed by atoms with Gasteiger partial charge in [-0.1, -0.05) is 48.5 Å². The van der Waals surface area contributed by atoms with Gasteiger partial charge in [0.05, 0.1) is 0 Å². The summed E-state index contributed by atoms with van der Waals surface area (Å²) in [5, 5.41) is 4.42. The summed E-state index contributed by atoms with van der Waals surface area (Å²) in [5.41, 5.74) is 1.59. The minimum Gasteiger partial charge on any atom is -0.350 e. The van der Waals surface area contributed by atoms with Gasteiger partial charge in [-0.05, 0) is 41.3 Å². The highest BCUT2D eigenvalue weighted by Gasteiger charge is 2.38. The zero-order valence-electron chi connectivity index (χ0n) is 14.1. The van der Waals surface area contributed by atoms with Crippen LogP contribution in [0.25, 0.3) is 10.8 Å². The summed E-state index contributed by atoms with van der Waals surface area (Å²) in [6.45, 7) is 0.638. The zero-order valence-corrected chi connectivity index (χ0v) is 14.1. The number of aromatic nitrogens is 1. The molecule has 2 atom stereocenters. The zero-order chi connectivity index (χ0) is 17.4. The highest BCUT2D eigenvalue weighted by Crippen LogP contribution is 2.46. The largest absolute Gasteiger partial charge is 0.350 e. The first kappa shape index (κ1) is 15.6. The van der Waals surface area contributed by atoms with E-state index in [1.807, 2.05) is 36.4 Å². The van der Waals surface area contributed by atoms with Crippen LogP contribution in [0.15, 0.2) is 65.5 Å². The van der Waals surface area contributed by atoms with Crippen LogP contribution in [0.2, 0.25) is 0 Å². The fourth-order valence-corrected chi connectivity index (χ4v) is 3.47. The molecule has 0 radical (unpaired) electrons. The fraction of sp³-hybridized carbons (Fsp3) is 0.238. The minimum absolute atomic E-state index is 0.142. The molecular formula is C21H20N2O2. The Balaban J connectivity index is 1.48. The molecule has 0 aliphatic heterocycles. The van der Waals surface area contributed by atoms with Gasteiger partial charge in [0.2, 0.25) is 0 Å². The molecule has 0 saturated heterocycles. The second-order valence-corrected chi connectivity index (χ2v) is 6.70. The lowest BCUT2D eigenvalue weighted by Gasteiger charge is -2.11. The van der Waals surface area contributed by atoms with Crippen LogP contribution in [-0.4, -0.2) is 17.0 Å². The first-order valence-corrected chi connectivity index (χ1v) is 8.57. The van der Waals surface area contributed by atoms with E-state index in [1.165, 1.54) is 10.1 Å². The SMILES string of the molecule is Cn1c(C(=O)NC[C@@H]2C[C@H]2c2ccccc2)cc2ccccc2c1=O. The number of amides is 1. The Hall–Kier alpha value is -2.88. The molecule has 1 heterocycles. The summed E-state index contributed by atoms with van der Waals surface area (Å²) >= 11 is 0. The molecule has 0 spiro atoms. The maximum absolute atomic E-state index is 12.6. The molecule has 0 unspecified atom stereocenters. The maximum atomic E-state index is 12.6. The summed E-state index contributed by atoms with van der Waals surface area (Å²) in [7, 11) is 1.65. The van der Waals surface area contributed by atoms with Gasteiger partial charge in [0.1, 0.15) is 5.69 Å². The summed E-state index contributed by atoms with van der Waals surface area (Å²) < 4.78 is 1.43. The van der Waals surface area contributed by atoms with Crippen LogP contribution in [0.3, 0.4) is 0 Å². The van der Waals surface area contributed by atoms with Crippen molar-refractivity contribution in [1.29, 1.82) is 0 Å². The van der Waals surface area contributed by atoms with Crippen molar-refractivity contribution in [3.8, 4) is 0 Å². The summed E-state index contributed by atoms with van der Waals surface area (Å²) in [6.07, 6.45) is 1.10. The number of carbonyl (C=O) groups excluding carboxylic acids is 1. The number of nitrogens with one attached hydrogen (secondary N) is 1. The molecule has 0 bridgehead atoms. The molecule has 25 heavy (non-hydrogen) atoms. The van der Waals surface area contributed by atoms with E-state index < -0.39 is 0 Å². The molecule has 1 fully saturated rings. The Kier molecular flexibility index (Phi) is 3.88. The summed E-state index contributed by atoms with van der Waals surface area (Å²) in [5.74, 6) is 0.815. The van der Waals surface area contributed by atoms with Gasteiger partial charge in [0.15, 0.2) is 0 Å². The first-order chi connectivity index (χ1) is 12.1. The lowest BCUT2D eigenvalue weighted by atomic mass is 10.1. The first-order valence-electron chi connectivity index (χ1n) is 8.57. The Morgan fingerprint density at radius 1 is 1.12 bits per heavy atom. The van der Waals surface area contributed by atoms with Crippen molar-refractivity contribution in [2.75, 3.05) is 6.54 Å². The molecule has 4 rings (SSSR count). The normalized spacial score (nSPS) is 18.9. The Morgan fingerprint density at radius 2 is 1.84 bits per heavy atom. The summed E-state index contributed by atoms with van der Waals surface area (Å²) in [4.78, 5) is 25.0. The molecular weight excluding hydrogens is 312 g/mol. The third-order valence-corrected chi connectivity index (χ3v) is 5.06. The fourth-order valence-electron chi connectivity index (χ4n) is 3.47.